The molecule has 3 aromatic rings. The van der Waals surface area contributed by atoms with E-state index in [2.05, 4.69) is 25.9 Å². The van der Waals surface area contributed by atoms with Gasteiger partial charge in [0.25, 0.3) is 11.8 Å². The Bertz CT molecular complexity index is 1080. The van der Waals surface area contributed by atoms with Crippen LogP contribution in [0.15, 0.2) is 53.1 Å². The van der Waals surface area contributed by atoms with Crippen molar-refractivity contribution in [3.8, 4) is 11.3 Å². The van der Waals surface area contributed by atoms with Gasteiger partial charge in [-0.25, -0.2) is 9.97 Å². The summed E-state index contributed by atoms with van der Waals surface area (Å²) in [6.45, 7) is 0.118. The lowest BCUT2D eigenvalue weighted by Crippen LogP contribution is -2.34. The van der Waals surface area contributed by atoms with E-state index in [1.807, 2.05) is 24.3 Å². The standard InChI is InChI=1S/C20H18ClN5O4/c1-22-17(27)11-25-19(29)16-6-5-15(30-16)13-4-2-3-12(9-13)10-24-18(28)14-7-8-23-20(21)26-14/h2-9H,10-11H2,1H3,(H,22,27)(H,24,28)(H,25,29). The summed E-state index contributed by atoms with van der Waals surface area (Å²) in [5, 5.41) is 7.64. The topological polar surface area (TPSA) is 126 Å². The van der Waals surface area contributed by atoms with Crippen molar-refractivity contribution in [1.29, 1.82) is 0 Å². The monoisotopic (exact) mass is 427 g/mol. The third-order valence-corrected chi connectivity index (χ3v) is 4.22. The first-order valence-electron chi connectivity index (χ1n) is 8.91. The molecule has 1 aromatic carbocycles. The zero-order valence-electron chi connectivity index (χ0n) is 15.9. The van der Waals surface area contributed by atoms with Gasteiger partial charge in [-0.15, -0.1) is 0 Å². The average molecular weight is 428 g/mol. The molecule has 3 rings (SSSR count). The number of carbonyl (C=O) groups is 3. The van der Waals surface area contributed by atoms with Crippen molar-refractivity contribution in [3.05, 3.63) is 71.0 Å². The van der Waals surface area contributed by atoms with E-state index in [-0.39, 0.29) is 41.6 Å². The van der Waals surface area contributed by atoms with Crippen molar-refractivity contribution in [3.63, 3.8) is 0 Å². The van der Waals surface area contributed by atoms with Gasteiger partial charge in [0.05, 0.1) is 6.54 Å². The smallest absolute Gasteiger partial charge is 0.287 e. The van der Waals surface area contributed by atoms with Gasteiger partial charge in [0.2, 0.25) is 11.2 Å². The van der Waals surface area contributed by atoms with Crippen LogP contribution >= 0.6 is 11.6 Å². The summed E-state index contributed by atoms with van der Waals surface area (Å²) < 4.78 is 5.60. The van der Waals surface area contributed by atoms with Crippen LogP contribution in [0, 0.1) is 0 Å². The van der Waals surface area contributed by atoms with Crippen molar-refractivity contribution >= 4 is 29.3 Å². The normalized spacial score (nSPS) is 10.3. The molecule has 0 aliphatic heterocycles. The third-order valence-electron chi connectivity index (χ3n) is 4.04. The maximum atomic E-state index is 12.2. The van der Waals surface area contributed by atoms with Gasteiger partial charge in [-0.1, -0.05) is 18.2 Å². The third kappa shape index (κ3) is 5.42. The van der Waals surface area contributed by atoms with Crippen LogP contribution < -0.4 is 16.0 Å². The highest BCUT2D eigenvalue weighted by Gasteiger charge is 2.14. The van der Waals surface area contributed by atoms with E-state index in [9.17, 15) is 14.4 Å². The lowest BCUT2D eigenvalue weighted by Gasteiger charge is -2.06. The van der Waals surface area contributed by atoms with Crippen molar-refractivity contribution in [2.24, 2.45) is 0 Å². The lowest BCUT2D eigenvalue weighted by atomic mass is 10.1. The quantitative estimate of drug-likeness (QED) is 0.493. The van der Waals surface area contributed by atoms with E-state index in [0.29, 0.717) is 5.76 Å². The maximum Gasteiger partial charge on any atom is 0.287 e. The van der Waals surface area contributed by atoms with Gasteiger partial charge >= 0.3 is 0 Å². The number of likely N-dealkylation sites (N-methyl/N-ethyl adjacent to an activating group) is 1. The predicted octanol–water partition coefficient (Wildman–Crippen LogP) is 1.80. The number of carbonyl (C=O) groups excluding carboxylic acids is 3. The fourth-order valence-corrected chi connectivity index (χ4v) is 2.67. The number of halogens is 1. The zero-order chi connectivity index (χ0) is 21.5. The number of amides is 3. The first kappa shape index (κ1) is 21.0. The Balaban J connectivity index is 1.64. The molecule has 0 saturated carbocycles. The Morgan fingerprint density at radius 1 is 1.07 bits per heavy atom. The summed E-state index contributed by atoms with van der Waals surface area (Å²) in [4.78, 5) is 43.1. The van der Waals surface area contributed by atoms with Gasteiger partial charge < -0.3 is 20.4 Å². The number of hydrogen-bond donors (Lipinski definition) is 3. The number of rotatable bonds is 7. The van der Waals surface area contributed by atoms with Gasteiger partial charge in [-0.3, -0.25) is 14.4 Å². The van der Waals surface area contributed by atoms with Gasteiger partial charge in [-0.2, -0.15) is 0 Å². The van der Waals surface area contributed by atoms with E-state index >= 15 is 0 Å². The SMILES string of the molecule is CNC(=O)CNC(=O)c1ccc(-c2cccc(CNC(=O)c3ccnc(Cl)n3)c2)o1. The second-order valence-electron chi connectivity index (χ2n) is 6.11. The van der Waals surface area contributed by atoms with E-state index < -0.39 is 5.91 Å². The molecule has 0 bridgehead atoms. The largest absolute Gasteiger partial charge is 0.451 e. The van der Waals surface area contributed by atoms with Crippen LogP contribution in [0.25, 0.3) is 11.3 Å². The molecule has 3 N–H and O–H groups in total. The van der Waals surface area contributed by atoms with Crippen molar-refractivity contribution in [2.75, 3.05) is 13.6 Å². The fourth-order valence-electron chi connectivity index (χ4n) is 2.52. The minimum atomic E-state index is -0.489. The summed E-state index contributed by atoms with van der Waals surface area (Å²) in [6, 6.07) is 12.0. The number of nitrogens with zero attached hydrogens (tertiary/aromatic N) is 2. The Morgan fingerprint density at radius 3 is 2.67 bits per heavy atom. The van der Waals surface area contributed by atoms with Crippen molar-refractivity contribution in [1.82, 2.24) is 25.9 Å². The number of furan rings is 1. The van der Waals surface area contributed by atoms with Crippen LogP contribution in [-0.2, 0) is 11.3 Å². The summed E-state index contributed by atoms with van der Waals surface area (Å²) in [5.74, 6) is -0.604. The van der Waals surface area contributed by atoms with Crippen LogP contribution in [0.1, 0.15) is 26.6 Å². The van der Waals surface area contributed by atoms with Crippen LogP contribution in [0.5, 0.6) is 0 Å². The molecule has 154 valence electrons. The second-order valence-corrected chi connectivity index (χ2v) is 6.45. The molecule has 9 nitrogen and oxygen atoms in total. The van der Waals surface area contributed by atoms with Crippen LogP contribution in [0.4, 0.5) is 0 Å². The summed E-state index contributed by atoms with van der Waals surface area (Å²) in [6.07, 6.45) is 1.41. The predicted molar refractivity (Wildman–Crippen MR) is 109 cm³/mol. The van der Waals surface area contributed by atoms with Crippen LogP contribution in [0.3, 0.4) is 0 Å². The summed E-state index contributed by atoms with van der Waals surface area (Å²) in [7, 11) is 1.48. The van der Waals surface area contributed by atoms with E-state index in [1.54, 1.807) is 6.07 Å². The van der Waals surface area contributed by atoms with E-state index in [1.165, 1.54) is 25.4 Å². The molecule has 30 heavy (non-hydrogen) atoms. The number of hydrogen-bond acceptors (Lipinski definition) is 6. The first-order chi connectivity index (χ1) is 14.5. The molecule has 0 radical (unpaired) electrons. The van der Waals surface area contributed by atoms with Crippen molar-refractivity contribution < 1.29 is 18.8 Å². The highest BCUT2D eigenvalue weighted by Crippen LogP contribution is 2.23. The molecular formula is C20H18ClN5O4. The molecule has 0 aliphatic rings. The molecule has 3 amide bonds. The van der Waals surface area contributed by atoms with Gasteiger partial charge in [0.1, 0.15) is 11.5 Å². The van der Waals surface area contributed by atoms with Gasteiger partial charge in [0, 0.05) is 25.4 Å². The van der Waals surface area contributed by atoms with Crippen molar-refractivity contribution in [2.45, 2.75) is 6.54 Å². The number of aromatic nitrogens is 2. The lowest BCUT2D eigenvalue weighted by molar-refractivity contribution is -0.119. The zero-order valence-corrected chi connectivity index (χ0v) is 16.7. The maximum absolute atomic E-state index is 12.2. The molecule has 2 heterocycles. The molecule has 10 heteroatoms. The second kappa shape index (κ2) is 9.66. The molecular weight excluding hydrogens is 410 g/mol. The minimum absolute atomic E-state index is 0.00219. The highest BCUT2D eigenvalue weighted by atomic mass is 35.5. The Morgan fingerprint density at radius 2 is 1.90 bits per heavy atom. The fraction of sp³-hybridized carbons (Fsp3) is 0.150. The van der Waals surface area contributed by atoms with Crippen LogP contribution in [-0.4, -0.2) is 41.3 Å². The van der Waals surface area contributed by atoms with E-state index in [4.69, 9.17) is 16.0 Å². The van der Waals surface area contributed by atoms with Gasteiger partial charge in [-0.05, 0) is 41.4 Å². The Kier molecular flexibility index (Phi) is 6.76. The first-order valence-corrected chi connectivity index (χ1v) is 9.28. The molecule has 0 fully saturated rings. The molecule has 0 aliphatic carbocycles. The molecule has 0 saturated heterocycles. The van der Waals surface area contributed by atoms with E-state index in [0.717, 1.165) is 11.1 Å². The molecule has 0 spiro atoms. The number of nitrogens with one attached hydrogen (secondary N) is 3. The summed E-state index contributed by atoms with van der Waals surface area (Å²) in [5.41, 5.74) is 1.73. The summed E-state index contributed by atoms with van der Waals surface area (Å²) >= 11 is 5.70. The Hall–Kier alpha value is -3.72. The average Bonchev–Trinajstić information content (AvgIpc) is 3.26. The molecule has 2 aromatic heterocycles. The minimum Gasteiger partial charge on any atom is -0.451 e. The number of benzene rings is 1. The Labute approximate surface area is 176 Å². The van der Waals surface area contributed by atoms with Gasteiger partial charge in [0.15, 0.2) is 5.76 Å². The molecule has 0 unspecified atom stereocenters. The van der Waals surface area contributed by atoms with Crippen LogP contribution in [0.2, 0.25) is 5.28 Å². The highest BCUT2D eigenvalue weighted by molar-refractivity contribution is 6.28. The molecule has 0 atom stereocenters.